The van der Waals surface area contributed by atoms with Crippen molar-refractivity contribution in [3.63, 3.8) is 0 Å². The highest BCUT2D eigenvalue weighted by Crippen LogP contribution is 2.47. The van der Waals surface area contributed by atoms with Gasteiger partial charge in [0.1, 0.15) is 5.54 Å². The highest BCUT2D eigenvalue weighted by atomic mass is 35.5. The first-order valence-electron chi connectivity index (χ1n) is 7.63. The number of amides is 3. The van der Waals surface area contributed by atoms with Crippen LogP contribution in [-0.4, -0.2) is 17.5 Å². The number of nitrogens with zero attached hydrogens (tertiary/aromatic N) is 2. The molecule has 2 aliphatic rings. The van der Waals surface area contributed by atoms with E-state index in [4.69, 9.17) is 11.6 Å². The second kappa shape index (κ2) is 5.10. The number of benzene rings is 2. The Labute approximate surface area is 139 Å². The van der Waals surface area contributed by atoms with Gasteiger partial charge >= 0.3 is 6.03 Å². The monoisotopic (exact) mass is 326 g/mol. The molecule has 1 aliphatic carbocycles. The predicted octanol–water partition coefficient (Wildman–Crippen LogP) is 4.24. The van der Waals surface area contributed by atoms with Crippen LogP contribution in [0.25, 0.3) is 0 Å². The van der Waals surface area contributed by atoms with Gasteiger partial charge in [0.25, 0.3) is 5.91 Å². The minimum Gasteiger partial charge on any atom is -0.278 e. The lowest BCUT2D eigenvalue weighted by atomic mass is 9.75. The number of urea groups is 1. The van der Waals surface area contributed by atoms with Crippen molar-refractivity contribution in [1.82, 2.24) is 0 Å². The number of hydrogen-bond donors (Lipinski definition) is 0. The molecule has 0 radical (unpaired) electrons. The van der Waals surface area contributed by atoms with Gasteiger partial charge in [-0.05, 0) is 55.7 Å². The number of para-hydroxylation sites is 1. The molecule has 0 unspecified atom stereocenters. The summed E-state index contributed by atoms with van der Waals surface area (Å²) in [6, 6.07) is 15.9. The van der Waals surface area contributed by atoms with Gasteiger partial charge in [-0.3, -0.25) is 9.69 Å². The van der Waals surface area contributed by atoms with Crippen molar-refractivity contribution in [2.24, 2.45) is 0 Å². The number of carbonyl (C=O) groups is 2. The van der Waals surface area contributed by atoms with Gasteiger partial charge in [0, 0.05) is 10.7 Å². The van der Waals surface area contributed by atoms with Crippen molar-refractivity contribution in [3.05, 3.63) is 59.6 Å². The third-order valence-electron chi connectivity index (χ3n) is 4.69. The zero-order valence-electron chi connectivity index (χ0n) is 12.4. The molecule has 0 aromatic heterocycles. The lowest BCUT2D eigenvalue weighted by Crippen LogP contribution is -2.55. The van der Waals surface area contributed by atoms with Crippen molar-refractivity contribution in [2.45, 2.75) is 24.8 Å². The normalized spacial score (nSPS) is 19.3. The second-order valence-corrected chi connectivity index (χ2v) is 6.39. The average molecular weight is 327 g/mol. The molecule has 0 N–H and O–H groups in total. The summed E-state index contributed by atoms with van der Waals surface area (Å²) in [6.45, 7) is 0. The number of hydrogen-bond acceptors (Lipinski definition) is 2. The lowest BCUT2D eigenvalue weighted by Gasteiger charge is -2.42. The summed E-state index contributed by atoms with van der Waals surface area (Å²) in [5, 5.41) is 0.575. The zero-order valence-corrected chi connectivity index (χ0v) is 13.2. The first-order valence-corrected chi connectivity index (χ1v) is 8.01. The quantitative estimate of drug-likeness (QED) is 0.775. The summed E-state index contributed by atoms with van der Waals surface area (Å²) >= 11 is 5.91. The van der Waals surface area contributed by atoms with Crippen molar-refractivity contribution in [3.8, 4) is 0 Å². The van der Waals surface area contributed by atoms with E-state index in [-0.39, 0.29) is 11.9 Å². The fourth-order valence-electron chi connectivity index (χ4n) is 3.38. The van der Waals surface area contributed by atoms with Crippen molar-refractivity contribution in [1.29, 1.82) is 0 Å². The summed E-state index contributed by atoms with van der Waals surface area (Å²) < 4.78 is 0. The maximum atomic E-state index is 13.0. The maximum absolute atomic E-state index is 13.0. The van der Waals surface area contributed by atoms with E-state index in [1.54, 1.807) is 29.2 Å². The molecule has 0 bridgehead atoms. The number of anilines is 2. The highest BCUT2D eigenvalue weighted by molar-refractivity contribution is 6.32. The largest absolute Gasteiger partial charge is 0.336 e. The zero-order chi connectivity index (χ0) is 16.0. The number of imide groups is 1. The van der Waals surface area contributed by atoms with Gasteiger partial charge < -0.3 is 0 Å². The molecule has 2 aromatic rings. The lowest BCUT2D eigenvalue weighted by molar-refractivity contribution is -0.123. The minimum absolute atomic E-state index is 0.139. The van der Waals surface area contributed by atoms with Crippen LogP contribution in [0.1, 0.15) is 19.3 Å². The van der Waals surface area contributed by atoms with Crippen LogP contribution in [0.15, 0.2) is 54.6 Å². The second-order valence-electron chi connectivity index (χ2n) is 5.96. The predicted molar refractivity (Wildman–Crippen MR) is 89.8 cm³/mol. The fourth-order valence-corrected chi connectivity index (χ4v) is 3.50. The van der Waals surface area contributed by atoms with E-state index in [1.165, 1.54) is 4.90 Å². The van der Waals surface area contributed by atoms with E-state index >= 15 is 0 Å². The topological polar surface area (TPSA) is 40.6 Å². The van der Waals surface area contributed by atoms with Crippen LogP contribution in [0.2, 0.25) is 5.02 Å². The van der Waals surface area contributed by atoms with Crippen LogP contribution in [0.5, 0.6) is 0 Å². The van der Waals surface area contributed by atoms with Gasteiger partial charge in [0.05, 0.1) is 5.69 Å². The average Bonchev–Trinajstić information content (AvgIpc) is 2.77. The maximum Gasteiger partial charge on any atom is 0.336 e. The van der Waals surface area contributed by atoms with Crippen LogP contribution in [0.3, 0.4) is 0 Å². The van der Waals surface area contributed by atoms with E-state index in [0.717, 1.165) is 12.1 Å². The SMILES string of the molecule is O=C1N(c2ccc(Cl)cc2)C(=O)C2(CCC2)N1c1ccccc1. The van der Waals surface area contributed by atoms with Crippen LogP contribution in [0.4, 0.5) is 16.2 Å². The molecule has 4 nitrogen and oxygen atoms in total. The summed E-state index contributed by atoms with van der Waals surface area (Å²) in [7, 11) is 0. The third kappa shape index (κ3) is 1.98. The van der Waals surface area contributed by atoms with Crippen molar-refractivity contribution < 1.29 is 9.59 Å². The Bertz CT molecular complexity index is 769. The Morgan fingerprint density at radius 1 is 0.870 bits per heavy atom. The van der Waals surface area contributed by atoms with E-state index in [2.05, 4.69) is 0 Å². The molecule has 116 valence electrons. The minimum atomic E-state index is -0.724. The molecule has 1 spiro atoms. The molecule has 2 aromatic carbocycles. The third-order valence-corrected chi connectivity index (χ3v) is 4.94. The summed E-state index contributed by atoms with van der Waals surface area (Å²) in [5.74, 6) is -0.139. The first kappa shape index (κ1) is 14.3. The van der Waals surface area contributed by atoms with E-state index in [9.17, 15) is 9.59 Å². The smallest absolute Gasteiger partial charge is 0.278 e. The molecular weight excluding hydrogens is 312 g/mol. The van der Waals surface area contributed by atoms with Crippen LogP contribution in [-0.2, 0) is 4.79 Å². The molecule has 5 heteroatoms. The molecule has 23 heavy (non-hydrogen) atoms. The molecule has 4 rings (SSSR count). The van der Waals surface area contributed by atoms with Crippen LogP contribution >= 0.6 is 11.6 Å². The van der Waals surface area contributed by atoms with Gasteiger partial charge in [-0.1, -0.05) is 29.8 Å². The van der Waals surface area contributed by atoms with E-state index in [1.807, 2.05) is 30.3 Å². The van der Waals surface area contributed by atoms with Gasteiger partial charge in [-0.2, -0.15) is 0 Å². The Morgan fingerprint density at radius 2 is 1.52 bits per heavy atom. The molecule has 3 amide bonds. The number of halogens is 1. The Kier molecular flexibility index (Phi) is 3.16. The highest BCUT2D eigenvalue weighted by Gasteiger charge is 2.61. The van der Waals surface area contributed by atoms with Crippen molar-refractivity contribution in [2.75, 3.05) is 9.80 Å². The summed E-state index contributed by atoms with van der Waals surface area (Å²) in [6.07, 6.45) is 2.37. The Hall–Kier alpha value is -2.33. The molecule has 2 fully saturated rings. The molecule has 0 atom stereocenters. The fraction of sp³-hybridized carbons (Fsp3) is 0.222. The molecule has 1 saturated heterocycles. The Morgan fingerprint density at radius 3 is 2.09 bits per heavy atom. The summed E-state index contributed by atoms with van der Waals surface area (Å²) in [5.41, 5.74) is 0.606. The van der Waals surface area contributed by atoms with Gasteiger partial charge in [-0.25, -0.2) is 9.69 Å². The van der Waals surface area contributed by atoms with Crippen LogP contribution < -0.4 is 9.80 Å². The Balaban J connectivity index is 1.80. The number of rotatable bonds is 2. The molecular formula is C18H15ClN2O2. The van der Waals surface area contributed by atoms with E-state index < -0.39 is 5.54 Å². The van der Waals surface area contributed by atoms with Crippen LogP contribution in [0, 0.1) is 0 Å². The van der Waals surface area contributed by atoms with Gasteiger partial charge in [0.15, 0.2) is 0 Å². The molecule has 1 aliphatic heterocycles. The molecule has 1 heterocycles. The molecule has 1 saturated carbocycles. The number of carbonyl (C=O) groups excluding carboxylic acids is 2. The first-order chi connectivity index (χ1) is 11.1. The summed E-state index contributed by atoms with van der Waals surface area (Å²) in [4.78, 5) is 29.0. The van der Waals surface area contributed by atoms with Gasteiger partial charge in [0.2, 0.25) is 0 Å². The standard InChI is InChI=1S/C18H15ClN2O2/c19-13-7-9-14(10-8-13)20-16(22)18(11-4-12-18)21(17(20)23)15-5-2-1-3-6-15/h1-3,5-10H,4,11-12H2. The van der Waals surface area contributed by atoms with Crippen molar-refractivity contribution >= 4 is 34.9 Å². The van der Waals surface area contributed by atoms with Gasteiger partial charge in [-0.15, -0.1) is 0 Å². The van der Waals surface area contributed by atoms with E-state index in [0.29, 0.717) is 23.6 Å².